The van der Waals surface area contributed by atoms with E-state index in [1.54, 1.807) is 15.9 Å². The van der Waals surface area contributed by atoms with Crippen LogP contribution >= 0.6 is 11.6 Å². The molecule has 2 heterocycles. The van der Waals surface area contributed by atoms with Crippen molar-refractivity contribution in [3.05, 3.63) is 28.8 Å². The third kappa shape index (κ3) is 4.11. The van der Waals surface area contributed by atoms with Crippen molar-refractivity contribution in [2.24, 2.45) is 0 Å². The SMILES string of the molecule is O=C(OCC(=O)N1CCOCC1)c1ccc(Cl)c(N2CCCC2=O)c1. The Kier molecular flexibility index (Phi) is 5.55. The maximum Gasteiger partial charge on any atom is 0.338 e. The van der Waals surface area contributed by atoms with Gasteiger partial charge in [0.1, 0.15) is 0 Å². The maximum absolute atomic E-state index is 12.2. The number of benzene rings is 1. The molecule has 0 aliphatic carbocycles. The summed E-state index contributed by atoms with van der Waals surface area (Å²) in [5, 5.41) is 0.399. The van der Waals surface area contributed by atoms with Gasteiger partial charge in [-0.15, -0.1) is 0 Å². The number of anilines is 1. The van der Waals surface area contributed by atoms with E-state index >= 15 is 0 Å². The molecular formula is C17H19ClN2O5. The van der Waals surface area contributed by atoms with Crippen LogP contribution in [0.1, 0.15) is 23.2 Å². The minimum absolute atomic E-state index is 0.0186. The Morgan fingerprint density at radius 2 is 1.96 bits per heavy atom. The van der Waals surface area contributed by atoms with Gasteiger partial charge in [0, 0.05) is 26.1 Å². The number of ether oxygens (including phenoxy) is 2. The fraction of sp³-hybridized carbons (Fsp3) is 0.471. The van der Waals surface area contributed by atoms with Crippen LogP contribution in [0.5, 0.6) is 0 Å². The van der Waals surface area contributed by atoms with Crippen LogP contribution in [0.3, 0.4) is 0 Å². The van der Waals surface area contributed by atoms with Crippen molar-refractivity contribution in [3.8, 4) is 0 Å². The van der Waals surface area contributed by atoms with E-state index in [-0.39, 0.29) is 24.0 Å². The van der Waals surface area contributed by atoms with Crippen molar-refractivity contribution in [1.29, 1.82) is 0 Å². The number of esters is 1. The first-order valence-corrected chi connectivity index (χ1v) is 8.56. The predicted octanol–water partition coefficient (Wildman–Crippen LogP) is 1.48. The first-order chi connectivity index (χ1) is 12.1. The molecule has 134 valence electrons. The Morgan fingerprint density at radius 1 is 1.20 bits per heavy atom. The van der Waals surface area contributed by atoms with E-state index < -0.39 is 5.97 Å². The van der Waals surface area contributed by atoms with Gasteiger partial charge in [0.05, 0.1) is 29.5 Å². The quantitative estimate of drug-likeness (QED) is 0.754. The van der Waals surface area contributed by atoms with E-state index in [9.17, 15) is 14.4 Å². The molecule has 2 fully saturated rings. The number of nitrogens with zero attached hydrogens (tertiary/aromatic N) is 2. The summed E-state index contributed by atoms with van der Waals surface area (Å²) in [4.78, 5) is 39.3. The number of rotatable bonds is 4. The van der Waals surface area contributed by atoms with Gasteiger partial charge in [-0.1, -0.05) is 11.6 Å². The number of morpholine rings is 1. The highest BCUT2D eigenvalue weighted by Crippen LogP contribution is 2.30. The largest absolute Gasteiger partial charge is 0.452 e. The summed E-state index contributed by atoms with van der Waals surface area (Å²) in [7, 11) is 0. The molecule has 2 saturated heterocycles. The molecule has 1 aromatic carbocycles. The molecule has 0 aromatic heterocycles. The molecule has 0 unspecified atom stereocenters. The summed E-state index contributed by atoms with van der Waals surface area (Å²) in [6.07, 6.45) is 1.23. The van der Waals surface area contributed by atoms with Crippen molar-refractivity contribution in [2.45, 2.75) is 12.8 Å². The molecule has 2 aliphatic rings. The summed E-state index contributed by atoms with van der Waals surface area (Å²) >= 11 is 6.16. The average Bonchev–Trinajstić information content (AvgIpc) is 3.06. The summed E-state index contributed by atoms with van der Waals surface area (Å²) in [5.74, 6) is -0.887. The van der Waals surface area contributed by atoms with Crippen molar-refractivity contribution in [2.75, 3.05) is 44.4 Å². The summed E-state index contributed by atoms with van der Waals surface area (Å²) in [6.45, 7) is 2.23. The van der Waals surface area contributed by atoms with Crippen LogP contribution in [0.25, 0.3) is 0 Å². The first-order valence-electron chi connectivity index (χ1n) is 8.19. The lowest BCUT2D eigenvalue weighted by Crippen LogP contribution is -2.42. The standard InChI is InChI=1S/C17H19ClN2O5/c18-13-4-3-12(10-14(13)20-5-1-2-15(20)21)17(23)25-11-16(22)19-6-8-24-9-7-19/h3-4,10H,1-2,5-9,11H2. The fourth-order valence-electron chi connectivity index (χ4n) is 2.86. The zero-order valence-electron chi connectivity index (χ0n) is 13.7. The summed E-state index contributed by atoms with van der Waals surface area (Å²) in [5.41, 5.74) is 0.756. The second-order valence-corrected chi connectivity index (χ2v) is 6.29. The molecule has 1 aromatic rings. The molecule has 0 atom stereocenters. The minimum Gasteiger partial charge on any atom is -0.452 e. The zero-order valence-corrected chi connectivity index (χ0v) is 14.5. The Hall–Kier alpha value is -2.12. The molecule has 8 heteroatoms. The number of halogens is 1. The Morgan fingerprint density at radius 3 is 2.64 bits per heavy atom. The lowest BCUT2D eigenvalue weighted by molar-refractivity contribution is -0.138. The lowest BCUT2D eigenvalue weighted by atomic mass is 10.2. The number of amides is 2. The summed E-state index contributed by atoms with van der Waals surface area (Å²) < 4.78 is 10.3. The second kappa shape index (κ2) is 7.84. The molecule has 0 radical (unpaired) electrons. The van der Waals surface area contributed by atoms with Crippen LogP contribution in [0.4, 0.5) is 5.69 Å². The van der Waals surface area contributed by atoms with E-state index in [4.69, 9.17) is 21.1 Å². The van der Waals surface area contributed by atoms with Crippen molar-refractivity contribution < 1.29 is 23.9 Å². The number of hydrogen-bond donors (Lipinski definition) is 0. The van der Waals surface area contributed by atoms with Gasteiger partial charge in [-0.2, -0.15) is 0 Å². The molecule has 25 heavy (non-hydrogen) atoms. The highest BCUT2D eigenvalue weighted by molar-refractivity contribution is 6.34. The van der Waals surface area contributed by atoms with Crippen molar-refractivity contribution in [1.82, 2.24) is 4.90 Å². The van der Waals surface area contributed by atoms with E-state index in [0.717, 1.165) is 6.42 Å². The lowest BCUT2D eigenvalue weighted by Gasteiger charge is -2.26. The topological polar surface area (TPSA) is 76.2 Å². The average molecular weight is 367 g/mol. The van der Waals surface area contributed by atoms with Gasteiger partial charge in [0.25, 0.3) is 5.91 Å². The smallest absolute Gasteiger partial charge is 0.338 e. The highest BCUT2D eigenvalue weighted by atomic mass is 35.5. The van der Waals surface area contributed by atoms with Gasteiger partial charge in [-0.05, 0) is 24.6 Å². The number of hydrogen-bond acceptors (Lipinski definition) is 5. The molecule has 0 spiro atoms. The van der Waals surface area contributed by atoms with Crippen molar-refractivity contribution in [3.63, 3.8) is 0 Å². The molecule has 0 saturated carbocycles. The van der Waals surface area contributed by atoms with Crippen molar-refractivity contribution >= 4 is 35.1 Å². The molecule has 7 nitrogen and oxygen atoms in total. The van der Waals surface area contributed by atoms with Crippen LogP contribution in [-0.4, -0.2) is 62.1 Å². The molecule has 2 amide bonds. The maximum atomic E-state index is 12.2. The highest BCUT2D eigenvalue weighted by Gasteiger charge is 2.25. The van der Waals surface area contributed by atoms with E-state index in [1.165, 1.54) is 12.1 Å². The molecule has 2 aliphatic heterocycles. The third-order valence-corrected chi connectivity index (χ3v) is 4.56. The van der Waals surface area contributed by atoms with Crippen LogP contribution < -0.4 is 4.90 Å². The zero-order chi connectivity index (χ0) is 17.8. The minimum atomic E-state index is -0.619. The van der Waals surface area contributed by atoms with E-state index in [0.29, 0.717) is 50.0 Å². The monoisotopic (exact) mass is 366 g/mol. The molecule has 0 N–H and O–H groups in total. The normalized spacial score (nSPS) is 17.7. The predicted molar refractivity (Wildman–Crippen MR) is 90.7 cm³/mol. The number of carbonyl (C=O) groups excluding carboxylic acids is 3. The van der Waals surface area contributed by atoms with E-state index in [1.807, 2.05) is 0 Å². The fourth-order valence-corrected chi connectivity index (χ4v) is 3.08. The van der Waals surface area contributed by atoms with Gasteiger partial charge in [-0.3, -0.25) is 9.59 Å². The Bertz CT molecular complexity index is 688. The second-order valence-electron chi connectivity index (χ2n) is 5.88. The number of carbonyl (C=O) groups is 3. The van der Waals surface area contributed by atoms with Gasteiger partial charge in [0.2, 0.25) is 5.91 Å². The Balaban J connectivity index is 1.64. The van der Waals surface area contributed by atoms with E-state index in [2.05, 4.69) is 0 Å². The first kappa shape index (κ1) is 17.7. The van der Waals surface area contributed by atoms with Crippen LogP contribution in [0.2, 0.25) is 5.02 Å². The van der Waals surface area contributed by atoms with Crippen LogP contribution in [0.15, 0.2) is 18.2 Å². The molecular weight excluding hydrogens is 348 g/mol. The van der Waals surface area contributed by atoms with Gasteiger partial charge in [0.15, 0.2) is 6.61 Å². The van der Waals surface area contributed by atoms with Crippen LogP contribution in [-0.2, 0) is 19.1 Å². The van der Waals surface area contributed by atoms with Gasteiger partial charge >= 0.3 is 5.97 Å². The molecule has 3 rings (SSSR count). The molecule has 0 bridgehead atoms. The Labute approximate surface area is 150 Å². The van der Waals surface area contributed by atoms with Crippen LogP contribution in [0, 0.1) is 0 Å². The summed E-state index contributed by atoms with van der Waals surface area (Å²) in [6, 6.07) is 4.61. The van der Waals surface area contributed by atoms with Gasteiger partial charge < -0.3 is 19.3 Å². The third-order valence-electron chi connectivity index (χ3n) is 4.24. The van der Waals surface area contributed by atoms with Gasteiger partial charge in [-0.25, -0.2) is 4.79 Å².